The highest BCUT2D eigenvalue weighted by Gasteiger charge is 2.39. The lowest BCUT2D eigenvalue weighted by Gasteiger charge is -2.21. The molecule has 1 aromatic rings. The number of aromatic nitrogens is 2. The quantitative estimate of drug-likeness (QED) is 0.829. The first-order valence-corrected chi connectivity index (χ1v) is 5.77. The molecular weight excluding hydrogens is 190 g/mol. The third-order valence-electron chi connectivity index (χ3n) is 3.54. The molecule has 0 radical (unpaired) electrons. The highest BCUT2D eigenvalue weighted by molar-refractivity contribution is 5.08. The summed E-state index contributed by atoms with van der Waals surface area (Å²) in [6.45, 7) is 4.07. The van der Waals surface area contributed by atoms with E-state index in [0.29, 0.717) is 5.82 Å². The third kappa shape index (κ3) is 1.78. The fourth-order valence-corrected chi connectivity index (χ4v) is 2.41. The Morgan fingerprint density at radius 2 is 2.13 bits per heavy atom. The van der Waals surface area contributed by atoms with Crippen molar-refractivity contribution in [3.8, 4) is 0 Å². The maximum atomic E-state index is 5.73. The van der Waals surface area contributed by atoms with Crippen LogP contribution in [0.5, 0.6) is 0 Å². The zero-order valence-electron chi connectivity index (χ0n) is 9.49. The standard InChI is InChI=1S/C11H19N3O/c1-3-11(6-4-5-7-11)10-13-9(8(2)12)14-15-10/h8H,3-7,12H2,1-2H3. The summed E-state index contributed by atoms with van der Waals surface area (Å²) in [4.78, 5) is 4.43. The van der Waals surface area contributed by atoms with Gasteiger partial charge in [0.1, 0.15) is 0 Å². The summed E-state index contributed by atoms with van der Waals surface area (Å²) in [5.74, 6) is 1.43. The molecule has 0 aromatic carbocycles. The Bertz CT molecular complexity index is 326. The Hall–Kier alpha value is -0.900. The molecule has 0 bridgehead atoms. The molecule has 4 heteroatoms. The minimum atomic E-state index is -0.141. The molecule has 1 saturated carbocycles. The van der Waals surface area contributed by atoms with Crippen molar-refractivity contribution in [2.24, 2.45) is 5.73 Å². The molecule has 2 rings (SSSR count). The number of hydrogen-bond donors (Lipinski definition) is 1. The SMILES string of the molecule is CCC1(c2nc(C(C)N)no2)CCCC1. The van der Waals surface area contributed by atoms with Crippen molar-refractivity contribution in [2.45, 2.75) is 57.4 Å². The van der Waals surface area contributed by atoms with Crippen LogP contribution < -0.4 is 5.73 Å². The molecule has 1 aromatic heterocycles. The molecule has 2 N–H and O–H groups in total. The molecule has 1 heterocycles. The largest absolute Gasteiger partial charge is 0.339 e. The van der Waals surface area contributed by atoms with E-state index in [1.165, 1.54) is 25.7 Å². The van der Waals surface area contributed by atoms with Crippen LogP contribution in [0.4, 0.5) is 0 Å². The summed E-state index contributed by atoms with van der Waals surface area (Å²) >= 11 is 0. The average molecular weight is 209 g/mol. The van der Waals surface area contributed by atoms with E-state index in [9.17, 15) is 0 Å². The number of nitrogens with two attached hydrogens (primary N) is 1. The van der Waals surface area contributed by atoms with Crippen LogP contribution in [-0.4, -0.2) is 10.1 Å². The Balaban J connectivity index is 2.27. The van der Waals surface area contributed by atoms with Crippen molar-refractivity contribution in [1.82, 2.24) is 10.1 Å². The van der Waals surface area contributed by atoms with E-state index >= 15 is 0 Å². The van der Waals surface area contributed by atoms with Crippen LogP contribution in [0.15, 0.2) is 4.52 Å². The molecule has 84 valence electrons. The summed E-state index contributed by atoms with van der Waals surface area (Å²) in [6.07, 6.45) is 5.95. The monoisotopic (exact) mass is 209 g/mol. The lowest BCUT2D eigenvalue weighted by Crippen LogP contribution is -2.21. The van der Waals surface area contributed by atoms with Gasteiger partial charge in [-0.05, 0) is 26.2 Å². The highest BCUT2D eigenvalue weighted by Crippen LogP contribution is 2.42. The zero-order valence-corrected chi connectivity index (χ0v) is 9.49. The Morgan fingerprint density at radius 3 is 2.60 bits per heavy atom. The molecule has 1 aliphatic carbocycles. The molecule has 0 aliphatic heterocycles. The van der Waals surface area contributed by atoms with Gasteiger partial charge < -0.3 is 10.3 Å². The second-order valence-corrected chi connectivity index (χ2v) is 4.59. The van der Waals surface area contributed by atoms with Crippen molar-refractivity contribution in [2.75, 3.05) is 0 Å². The van der Waals surface area contributed by atoms with E-state index < -0.39 is 0 Å². The van der Waals surface area contributed by atoms with Gasteiger partial charge in [0.2, 0.25) is 5.89 Å². The first-order valence-electron chi connectivity index (χ1n) is 5.77. The van der Waals surface area contributed by atoms with E-state index in [1.54, 1.807) is 0 Å². The Labute approximate surface area is 90.2 Å². The van der Waals surface area contributed by atoms with Gasteiger partial charge in [-0.15, -0.1) is 0 Å². The topological polar surface area (TPSA) is 64.9 Å². The molecule has 0 spiro atoms. The summed E-state index contributed by atoms with van der Waals surface area (Å²) in [5, 5.41) is 3.94. The van der Waals surface area contributed by atoms with E-state index in [2.05, 4.69) is 17.1 Å². The minimum absolute atomic E-state index is 0.139. The lowest BCUT2D eigenvalue weighted by molar-refractivity contribution is 0.271. The van der Waals surface area contributed by atoms with Gasteiger partial charge in [-0.3, -0.25) is 0 Å². The van der Waals surface area contributed by atoms with Crippen LogP contribution in [0.2, 0.25) is 0 Å². The van der Waals surface area contributed by atoms with Crippen LogP contribution >= 0.6 is 0 Å². The van der Waals surface area contributed by atoms with Crippen LogP contribution in [-0.2, 0) is 5.41 Å². The summed E-state index contributed by atoms with van der Waals surface area (Å²) in [5.41, 5.74) is 5.86. The molecule has 4 nitrogen and oxygen atoms in total. The van der Waals surface area contributed by atoms with Crippen molar-refractivity contribution < 1.29 is 4.52 Å². The first kappa shape index (κ1) is 10.6. The molecule has 1 fully saturated rings. The van der Waals surface area contributed by atoms with E-state index in [-0.39, 0.29) is 11.5 Å². The number of hydrogen-bond acceptors (Lipinski definition) is 4. The van der Waals surface area contributed by atoms with Gasteiger partial charge in [-0.2, -0.15) is 4.98 Å². The van der Waals surface area contributed by atoms with Crippen molar-refractivity contribution >= 4 is 0 Å². The minimum Gasteiger partial charge on any atom is -0.339 e. The van der Waals surface area contributed by atoms with E-state index in [4.69, 9.17) is 10.3 Å². The van der Waals surface area contributed by atoms with E-state index in [0.717, 1.165) is 12.3 Å². The summed E-state index contributed by atoms with van der Waals surface area (Å²) in [6, 6.07) is -0.141. The van der Waals surface area contributed by atoms with Crippen LogP contribution in [0.25, 0.3) is 0 Å². The fourth-order valence-electron chi connectivity index (χ4n) is 2.41. The Kier molecular flexibility index (Phi) is 2.78. The number of rotatable bonds is 3. The predicted octanol–water partition coefficient (Wildman–Crippen LogP) is 2.31. The molecular formula is C11H19N3O. The zero-order chi connectivity index (χ0) is 10.9. The third-order valence-corrected chi connectivity index (χ3v) is 3.54. The van der Waals surface area contributed by atoms with Crippen LogP contribution in [0.3, 0.4) is 0 Å². The summed E-state index contributed by atoms with van der Waals surface area (Å²) in [7, 11) is 0. The maximum Gasteiger partial charge on any atom is 0.232 e. The fraction of sp³-hybridized carbons (Fsp3) is 0.818. The second-order valence-electron chi connectivity index (χ2n) is 4.59. The number of nitrogens with zero attached hydrogens (tertiary/aromatic N) is 2. The summed E-state index contributed by atoms with van der Waals surface area (Å²) < 4.78 is 5.36. The van der Waals surface area contributed by atoms with Gasteiger partial charge in [0.15, 0.2) is 5.82 Å². The average Bonchev–Trinajstić information content (AvgIpc) is 2.87. The molecule has 0 saturated heterocycles. The molecule has 1 aliphatic rings. The van der Waals surface area contributed by atoms with Gasteiger partial charge in [0, 0.05) is 5.41 Å². The predicted molar refractivity (Wildman–Crippen MR) is 57.3 cm³/mol. The van der Waals surface area contributed by atoms with Crippen LogP contribution in [0, 0.1) is 0 Å². The van der Waals surface area contributed by atoms with Gasteiger partial charge in [-0.25, -0.2) is 0 Å². The van der Waals surface area contributed by atoms with Crippen LogP contribution in [0.1, 0.15) is 63.7 Å². The van der Waals surface area contributed by atoms with Gasteiger partial charge >= 0.3 is 0 Å². The first-order chi connectivity index (χ1) is 7.18. The van der Waals surface area contributed by atoms with Gasteiger partial charge in [0.25, 0.3) is 0 Å². The molecule has 0 amide bonds. The molecule has 1 unspecified atom stereocenters. The van der Waals surface area contributed by atoms with E-state index in [1.807, 2.05) is 6.92 Å². The van der Waals surface area contributed by atoms with Crippen molar-refractivity contribution in [1.29, 1.82) is 0 Å². The maximum absolute atomic E-state index is 5.73. The molecule has 1 atom stereocenters. The van der Waals surface area contributed by atoms with Crippen molar-refractivity contribution in [3.63, 3.8) is 0 Å². The Morgan fingerprint density at radius 1 is 1.47 bits per heavy atom. The smallest absolute Gasteiger partial charge is 0.232 e. The van der Waals surface area contributed by atoms with Gasteiger partial charge in [0.05, 0.1) is 6.04 Å². The highest BCUT2D eigenvalue weighted by atomic mass is 16.5. The second kappa shape index (κ2) is 3.93. The van der Waals surface area contributed by atoms with Gasteiger partial charge in [-0.1, -0.05) is 24.9 Å². The van der Waals surface area contributed by atoms with Crippen molar-refractivity contribution in [3.05, 3.63) is 11.7 Å². The normalized spacial score (nSPS) is 21.8. The molecule has 15 heavy (non-hydrogen) atoms. The lowest BCUT2D eigenvalue weighted by atomic mass is 9.83.